The minimum Gasteiger partial charge on any atom is -0.150 e. The molecule has 0 saturated carbocycles. The lowest BCUT2D eigenvalue weighted by Crippen LogP contribution is -2.59. The summed E-state index contributed by atoms with van der Waals surface area (Å²) in [7, 11) is 1.90. The van der Waals surface area contributed by atoms with E-state index in [0.29, 0.717) is 0 Å². The Balaban J connectivity index is 2.40. The van der Waals surface area contributed by atoms with Crippen molar-refractivity contribution in [3.8, 4) is 0 Å². The van der Waals surface area contributed by atoms with Crippen LogP contribution < -0.4 is 11.3 Å². The molecule has 0 aromatic carbocycles. The Morgan fingerprint density at radius 3 is 1.88 bits per heavy atom. The zero-order valence-corrected chi connectivity index (χ0v) is 13.2. The summed E-state index contributed by atoms with van der Waals surface area (Å²) >= 11 is 0.0405. The Labute approximate surface area is 115 Å². The predicted octanol–water partition coefficient (Wildman–Crippen LogP) is 2.18. The Bertz CT molecular complexity index is 418. The summed E-state index contributed by atoms with van der Waals surface area (Å²) in [5.74, 6) is 6.44. The van der Waals surface area contributed by atoms with Gasteiger partial charge in [-0.15, -0.1) is 10.1 Å². The largest absolute Gasteiger partial charge is 0.182 e. The second-order valence-electron chi connectivity index (χ2n) is 3.24. The van der Waals surface area contributed by atoms with Crippen LogP contribution in [-0.2, 0) is 0 Å². The fourth-order valence-electron chi connectivity index (χ4n) is 1.42. The van der Waals surface area contributed by atoms with Crippen LogP contribution in [0, 0.1) is 0 Å². The average molecular weight is 442 g/mol. The number of nitrogens with two attached hydrogens (primary N) is 1. The quantitative estimate of drug-likeness (QED) is 0.305. The first-order valence-corrected chi connectivity index (χ1v) is 9.77. The van der Waals surface area contributed by atoms with E-state index in [0.717, 1.165) is 11.4 Å². The highest BCUT2D eigenvalue weighted by molar-refractivity contribution is 14.2. The van der Waals surface area contributed by atoms with Gasteiger partial charge in [0.2, 0.25) is 0 Å². The van der Waals surface area contributed by atoms with Crippen molar-refractivity contribution in [1.82, 2.24) is 5.43 Å². The molecule has 0 fully saturated rings. The van der Waals surface area contributed by atoms with Crippen LogP contribution in [0.2, 0.25) is 0 Å². The maximum Gasteiger partial charge on any atom is 0.182 e. The third kappa shape index (κ3) is 2.48. The third-order valence-corrected chi connectivity index (χ3v) is 6.00. The van der Waals surface area contributed by atoms with Gasteiger partial charge in [0.05, 0.1) is 0 Å². The first-order chi connectivity index (χ1) is 7.77. The van der Waals surface area contributed by atoms with Crippen molar-refractivity contribution in [3.63, 3.8) is 0 Å². The van der Waals surface area contributed by atoms with Gasteiger partial charge in [0.1, 0.15) is 0 Å². The molecule has 0 amide bonds. The van der Waals surface area contributed by atoms with E-state index < -0.39 is 0 Å². The van der Waals surface area contributed by atoms with Crippen molar-refractivity contribution in [2.24, 2.45) is 5.84 Å². The zero-order valence-electron chi connectivity index (χ0n) is 8.90. The first kappa shape index (κ1) is 12.5. The molecule has 5 heteroatoms. The molecule has 2 aliphatic rings. The van der Waals surface area contributed by atoms with Crippen molar-refractivity contribution < 1.29 is 4.70 Å². The van der Waals surface area contributed by atoms with Gasteiger partial charge < -0.3 is 0 Å². The normalized spacial score (nSPS) is 19.6. The van der Waals surface area contributed by atoms with Crippen LogP contribution in [-0.4, -0.2) is 19.8 Å². The molecule has 0 bridgehead atoms. The molecule has 2 rings (SSSR count). The van der Waals surface area contributed by atoms with Crippen LogP contribution in [0.15, 0.2) is 43.9 Å². The summed E-state index contributed by atoms with van der Waals surface area (Å²) in [6, 6.07) is 0. The molecular formula is C11H14I2N3+. The van der Waals surface area contributed by atoms with Gasteiger partial charge in [-0.2, -0.15) is 5.84 Å². The van der Waals surface area contributed by atoms with Crippen molar-refractivity contribution in [3.05, 3.63) is 43.9 Å². The highest BCUT2D eigenvalue weighted by Crippen LogP contribution is 2.26. The Hall–Kier alpha value is 0.0400. The lowest BCUT2D eigenvalue weighted by Gasteiger charge is -2.31. The summed E-state index contributed by atoms with van der Waals surface area (Å²) in [4.78, 5) is 0. The molecule has 0 unspecified atom stereocenters. The smallest absolute Gasteiger partial charge is 0.150 e. The Morgan fingerprint density at radius 2 is 1.56 bits per heavy atom. The molecule has 0 radical (unpaired) electrons. The SMILES string of the molecule is CN[N+](N)(C1=CI=CC=C1)C1=CI=CC=C1. The van der Waals surface area contributed by atoms with Crippen LogP contribution in [0.1, 0.15) is 0 Å². The van der Waals surface area contributed by atoms with E-state index in [1.54, 1.807) is 0 Å². The maximum absolute atomic E-state index is 6.44. The van der Waals surface area contributed by atoms with Gasteiger partial charge in [-0.25, -0.2) is 0 Å². The molecule has 0 spiro atoms. The molecule has 3 N–H and O–H groups in total. The molecule has 2 heterocycles. The van der Waals surface area contributed by atoms with Crippen molar-refractivity contribution in [2.75, 3.05) is 7.05 Å². The number of quaternary nitrogens is 1. The van der Waals surface area contributed by atoms with Crippen LogP contribution >= 0.6 is 41.5 Å². The van der Waals surface area contributed by atoms with Crippen LogP contribution in [0.3, 0.4) is 0 Å². The second kappa shape index (κ2) is 5.58. The van der Waals surface area contributed by atoms with Crippen LogP contribution in [0.4, 0.5) is 0 Å². The third-order valence-electron chi connectivity index (χ3n) is 2.34. The number of nitrogens with one attached hydrogen (secondary N) is 1. The van der Waals surface area contributed by atoms with Gasteiger partial charge in [0.15, 0.2) is 11.4 Å². The standard InChI is InChI=1S/C11H14I2N3/c1-15-16(14,10-4-2-6-12-8-10)11-5-3-7-13-9-11/h2-9,15H,14H2,1H3/q+1. The second-order valence-corrected chi connectivity index (χ2v) is 7.36. The van der Waals surface area contributed by atoms with E-state index in [4.69, 9.17) is 5.84 Å². The topological polar surface area (TPSA) is 38.0 Å². The van der Waals surface area contributed by atoms with Gasteiger partial charge in [0.25, 0.3) is 0 Å². The monoisotopic (exact) mass is 442 g/mol. The molecule has 0 aromatic heterocycles. The molecule has 3 nitrogen and oxygen atoms in total. The summed E-state index contributed by atoms with van der Waals surface area (Å²) in [6.45, 7) is 0. The van der Waals surface area contributed by atoms with Gasteiger partial charge in [-0.05, 0) is 8.02 Å². The van der Waals surface area contributed by atoms with Gasteiger partial charge in [0, 0.05) is 27.4 Å². The number of hydrogen-bond acceptors (Lipinski definition) is 2. The summed E-state index contributed by atoms with van der Waals surface area (Å²) in [5, 5.41) is 0. The van der Waals surface area contributed by atoms with Gasteiger partial charge in [-0.1, -0.05) is 53.6 Å². The Morgan fingerprint density at radius 1 is 1.06 bits per heavy atom. The first-order valence-electron chi connectivity index (χ1n) is 4.79. The van der Waals surface area contributed by atoms with Crippen molar-refractivity contribution in [2.45, 2.75) is 0 Å². The summed E-state index contributed by atoms with van der Waals surface area (Å²) < 4.78 is 9.21. The number of allylic oxidation sites excluding steroid dienone is 4. The molecule has 0 aromatic rings. The van der Waals surface area contributed by atoms with Crippen LogP contribution in [0.25, 0.3) is 0 Å². The Kier molecular flexibility index (Phi) is 4.36. The van der Waals surface area contributed by atoms with E-state index in [9.17, 15) is 0 Å². The van der Waals surface area contributed by atoms with E-state index in [1.807, 2.05) is 7.05 Å². The zero-order chi connectivity index (χ0) is 11.4. The lowest BCUT2D eigenvalue weighted by molar-refractivity contribution is -0.903. The molecular weight excluding hydrogens is 428 g/mol. The van der Waals surface area contributed by atoms with Crippen molar-refractivity contribution in [1.29, 1.82) is 0 Å². The van der Waals surface area contributed by atoms with Gasteiger partial charge in [-0.3, -0.25) is 0 Å². The minimum absolute atomic E-state index is 0.0202. The summed E-state index contributed by atoms with van der Waals surface area (Å²) in [5.41, 5.74) is 5.48. The molecule has 0 aliphatic carbocycles. The predicted molar refractivity (Wildman–Crippen MR) is 88.1 cm³/mol. The summed E-state index contributed by atoms with van der Waals surface area (Å²) in [6.07, 6.45) is 8.39. The van der Waals surface area contributed by atoms with E-state index >= 15 is 0 Å². The van der Waals surface area contributed by atoms with E-state index in [-0.39, 0.29) is 46.2 Å². The molecule has 16 heavy (non-hydrogen) atoms. The maximum atomic E-state index is 6.44. The average Bonchev–Trinajstić information content (AvgIpc) is 2.40. The number of nitrogens with zero attached hydrogens (tertiary/aromatic N) is 1. The van der Waals surface area contributed by atoms with Crippen molar-refractivity contribution >= 4 is 49.5 Å². The fraction of sp³-hybridized carbons (Fsp3) is 0.0909. The molecule has 2 aliphatic heterocycles. The number of halogens is 2. The highest BCUT2D eigenvalue weighted by atomic mass is 127. The van der Waals surface area contributed by atoms with E-state index in [1.165, 1.54) is 0 Å². The molecule has 0 atom stereocenters. The number of rotatable bonds is 3. The lowest BCUT2D eigenvalue weighted by atomic mass is 10.3. The van der Waals surface area contributed by atoms with E-state index in [2.05, 4.69) is 45.9 Å². The molecule has 86 valence electrons. The fourth-order valence-corrected chi connectivity index (χ4v) is 4.77. The number of hydrogen-bond donors (Lipinski definition) is 2. The highest BCUT2D eigenvalue weighted by Gasteiger charge is 2.31. The molecule has 0 saturated heterocycles. The minimum atomic E-state index is 0.0202. The van der Waals surface area contributed by atoms with Gasteiger partial charge >= 0.3 is 0 Å². The van der Waals surface area contributed by atoms with Crippen LogP contribution in [0.5, 0.6) is 0 Å².